The Bertz CT molecular complexity index is 731. The molecular formula is C21H29ClN2O3S. The first-order valence-corrected chi connectivity index (χ1v) is 10.5. The first kappa shape index (κ1) is 22.7. The van der Waals surface area contributed by atoms with Crippen molar-refractivity contribution in [2.24, 2.45) is 5.73 Å². The average Bonchev–Trinajstić information content (AvgIpc) is 3.13. The Morgan fingerprint density at radius 2 is 1.96 bits per heavy atom. The molecule has 0 aliphatic carbocycles. The third-order valence-corrected chi connectivity index (χ3v) is 5.83. The second-order valence-electron chi connectivity index (χ2n) is 6.61. The number of amides is 1. The first-order valence-electron chi connectivity index (χ1n) is 9.66. The normalized spacial score (nSPS) is 14.6. The minimum Gasteiger partial charge on any atom is -0.492 e. The van der Waals surface area contributed by atoms with E-state index in [1.165, 1.54) is 11.3 Å². The summed E-state index contributed by atoms with van der Waals surface area (Å²) in [7, 11) is 0. The van der Waals surface area contributed by atoms with Gasteiger partial charge in [0.25, 0.3) is 5.91 Å². The summed E-state index contributed by atoms with van der Waals surface area (Å²) in [6, 6.07) is 12.1. The summed E-state index contributed by atoms with van der Waals surface area (Å²) in [6.45, 7) is 5.28. The van der Waals surface area contributed by atoms with Gasteiger partial charge in [0.2, 0.25) is 0 Å². The molecule has 1 aromatic heterocycles. The van der Waals surface area contributed by atoms with Crippen LogP contribution in [0.3, 0.4) is 0 Å². The lowest BCUT2D eigenvalue weighted by molar-refractivity contribution is 0.00851. The Hall–Kier alpha value is -1.60. The van der Waals surface area contributed by atoms with Crippen LogP contribution >= 0.6 is 23.7 Å². The molecule has 5 nitrogen and oxygen atoms in total. The van der Waals surface area contributed by atoms with E-state index in [1.54, 1.807) is 0 Å². The van der Waals surface area contributed by atoms with Crippen molar-refractivity contribution in [2.45, 2.75) is 32.3 Å². The smallest absolute Gasteiger partial charge is 0.267 e. The molecule has 28 heavy (non-hydrogen) atoms. The highest BCUT2D eigenvalue weighted by atomic mass is 35.5. The number of nitrogens with two attached hydrogens (primary N) is 1. The van der Waals surface area contributed by atoms with E-state index in [2.05, 4.69) is 12.1 Å². The van der Waals surface area contributed by atoms with Crippen molar-refractivity contribution in [3.05, 3.63) is 41.3 Å². The van der Waals surface area contributed by atoms with Gasteiger partial charge in [-0.3, -0.25) is 4.79 Å². The molecule has 0 saturated carbocycles. The van der Waals surface area contributed by atoms with Gasteiger partial charge < -0.3 is 20.1 Å². The van der Waals surface area contributed by atoms with Crippen molar-refractivity contribution >= 4 is 29.7 Å². The zero-order valence-corrected chi connectivity index (χ0v) is 17.9. The summed E-state index contributed by atoms with van der Waals surface area (Å²) in [6.07, 6.45) is 2.86. The lowest BCUT2D eigenvalue weighted by atomic mass is 10.1. The summed E-state index contributed by atoms with van der Waals surface area (Å²) in [5.74, 6) is 0.749. The van der Waals surface area contributed by atoms with Crippen molar-refractivity contribution in [3.8, 4) is 16.2 Å². The largest absolute Gasteiger partial charge is 0.492 e. The van der Waals surface area contributed by atoms with Crippen LogP contribution < -0.4 is 10.5 Å². The molecule has 1 amide bonds. The molecule has 3 rings (SSSR count). The second kappa shape index (κ2) is 11.4. The maximum absolute atomic E-state index is 13.1. The number of piperidine rings is 1. The van der Waals surface area contributed by atoms with E-state index in [1.807, 2.05) is 36.1 Å². The molecule has 1 aliphatic rings. The molecule has 0 unspecified atom stereocenters. The van der Waals surface area contributed by atoms with Crippen LogP contribution in [0.25, 0.3) is 10.4 Å². The van der Waals surface area contributed by atoms with Gasteiger partial charge in [-0.05, 0) is 44.4 Å². The molecule has 0 bridgehead atoms. The zero-order chi connectivity index (χ0) is 19.1. The van der Waals surface area contributed by atoms with Crippen LogP contribution in [-0.4, -0.2) is 49.8 Å². The van der Waals surface area contributed by atoms with Crippen LogP contribution in [0.15, 0.2) is 36.4 Å². The summed E-state index contributed by atoms with van der Waals surface area (Å²) >= 11 is 1.51. The molecule has 0 atom stereocenters. The van der Waals surface area contributed by atoms with Gasteiger partial charge in [0.15, 0.2) is 0 Å². The number of likely N-dealkylation sites (tertiary alicyclic amines) is 1. The molecule has 1 saturated heterocycles. The maximum Gasteiger partial charge on any atom is 0.267 e. The summed E-state index contributed by atoms with van der Waals surface area (Å²) in [5, 5.41) is 0. The lowest BCUT2D eigenvalue weighted by Gasteiger charge is -2.31. The number of hydrogen-bond acceptors (Lipinski definition) is 5. The molecule has 0 radical (unpaired) electrons. The zero-order valence-electron chi connectivity index (χ0n) is 16.3. The number of carbonyl (C=O) groups is 1. The van der Waals surface area contributed by atoms with Crippen LogP contribution in [0.4, 0.5) is 0 Å². The van der Waals surface area contributed by atoms with Gasteiger partial charge in [-0.25, -0.2) is 0 Å². The molecule has 154 valence electrons. The summed E-state index contributed by atoms with van der Waals surface area (Å²) < 4.78 is 11.6. The Morgan fingerprint density at radius 1 is 1.25 bits per heavy atom. The lowest BCUT2D eigenvalue weighted by Crippen LogP contribution is -2.40. The van der Waals surface area contributed by atoms with Gasteiger partial charge in [-0.1, -0.05) is 30.3 Å². The molecule has 0 spiro atoms. The van der Waals surface area contributed by atoms with Crippen LogP contribution in [0.1, 0.15) is 35.9 Å². The van der Waals surface area contributed by atoms with Gasteiger partial charge in [0, 0.05) is 24.6 Å². The third kappa shape index (κ3) is 5.70. The highest BCUT2D eigenvalue weighted by Gasteiger charge is 2.27. The Morgan fingerprint density at radius 3 is 2.61 bits per heavy atom. The number of halogens is 1. The van der Waals surface area contributed by atoms with Crippen LogP contribution in [0.5, 0.6) is 5.75 Å². The number of thiophene rings is 1. The number of rotatable bonds is 8. The Labute approximate surface area is 177 Å². The molecule has 1 fully saturated rings. The van der Waals surface area contributed by atoms with Crippen molar-refractivity contribution < 1.29 is 14.3 Å². The molecular weight excluding hydrogens is 396 g/mol. The highest BCUT2D eigenvalue weighted by Crippen LogP contribution is 2.37. The highest BCUT2D eigenvalue weighted by molar-refractivity contribution is 7.17. The van der Waals surface area contributed by atoms with Gasteiger partial charge in [0.05, 0.1) is 12.7 Å². The summed E-state index contributed by atoms with van der Waals surface area (Å²) in [4.78, 5) is 16.8. The average molecular weight is 425 g/mol. The molecule has 1 aromatic carbocycles. The molecule has 2 heterocycles. The van der Waals surface area contributed by atoms with E-state index < -0.39 is 0 Å². The standard InChI is InChI=1S/C21H28N2O3S.ClH/c1-2-25-18-15-19(16-7-4-3-5-8-16)27-20(18)21(24)23-12-9-17(10-13-23)26-14-6-11-22;/h3-5,7-8,15,17H,2,6,9-14,22H2,1H3;1H. The van der Waals surface area contributed by atoms with Crippen molar-refractivity contribution in [3.63, 3.8) is 0 Å². The number of ether oxygens (including phenoxy) is 2. The topological polar surface area (TPSA) is 64.8 Å². The van der Waals surface area contributed by atoms with Crippen LogP contribution in [0, 0.1) is 0 Å². The number of nitrogens with zero attached hydrogens (tertiary/aromatic N) is 1. The predicted octanol–water partition coefficient (Wildman–Crippen LogP) is 4.21. The minimum atomic E-state index is 0. The van der Waals surface area contributed by atoms with E-state index in [0.29, 0.717) is 30.4 Å². The van der Waals surface area contributed by atoms with Crippen molar-refractivity contribution in [2.75, 3.05) is 32.8 Å². The fourth-order valence-corrected chi connectivity index (χ4v) is 4.31. The van der Waals surface area contributed by atoms with Gasteiger partial charge in [0.1, 0.15) is 10.6 Å². The monoisotopic (exact) mass is 424 g/mol. The predicted molar refractivity (Wildman–Crippen MR) is 117 cm³/mol. The molecule has 1 aliphatic heterocycles. The van der Waals surface area contributed by atoms with Crippen LogP contribution in [-0.2, 0) is 4.74 Å². The Balaban J connectivity index is 0.00000280. The number of carbonyl (C=O) groups excluding carboxylic acids is 1. The van der Waals surface area contributed by atoms with E-state index in [0.717, 1.165) is 42.8 Å². The minimum absolute atomic E-state index is 0. The van der Waals surface area contributed by atoms with E-state index in [-0.39, 0.29) is 24.4 Å². The maximum atomic E-state index is 13.1. The van der Waals surface area contributed by atoms with E-state index in [9.17, 15) is 4.79 Å². The van der Waals surface area contributed by atoms with Gasteiger partial charge >= 0.3 is 0 Å². The van der Waals surface area contributed by atoms with Crippen LogP contribution in [0.2, 0.25) is 0 Å². The SMILES string of the molecule is CCOc1cc(-c2ccccc2)sc1C(=O)N1CCC(OCCCN)CC1.Cl. The second-order valence-corrected chi connectivity index (χ2v) is 7.66. The number of hydrogen-bond donors (Lipinski definition) is 1. The quantitative estimate of drug-likeness (QED) is 0.645. The molecule has 7 heteroatoms. The number of benzene rings is 1. The fraction of sp³-hybridized carbons (Fsp3) is 0.476. The molecule has 2 aromatic rings. The van der Waals surface area contributed by atoms with Gasteiger partial charge in [-0.2, -0.15) is 0 Å². The van der Waals surface area contributed by atoms with E-state index in [4.69, 9.17) is 15.2 Å². The van der Waals surface area contributed by atoms with Crippen molar-refractivity contribution in [1.29, 1.82) is 0 Å². The fourth-order valence-electron chi connectivity index (χ4n) is 3.23. The van der Waals surface area contributed by atoms with Crippen molar-refractivity contribution in [1.82, 2.24) is 4.90 Å². The Kier molecular flexibility index (Phi) is 9.25. The molecule has 2 N–H and O–H groups in total. The summed E-state index contributed by atoms with van der Waals surface area (Å²) in [5.41, 5.74) is 6.62. The van der Waals surface area contributed by atoms with Gasteiger partial charge in [-0.15, -0.1) is 23.7 Å². The third-order valence-electron chi connectivity index (χ3n) is 4.68. The van der Waals surface area contributed by atoms with E-state index >= 15 is 0 Å². The first-order chi connectivity index (χ1) is 13.2.